The maximum Gasteiger partial charge on any atom is 0.259 e. The number of amidine groups is 1. The molecule has 1 aromatic rings. The van der Waals surface area contributed by atoms with Crippen LogP contribution in [-0.4, -0.2) is 35.3 Å². The first kappa shape index (κ1) is 12.5. The van der Waals surface area contributed by atoms with E-state index in [-0.39, 0.29) is 5.91 Å². The minimum Gasteiger partial charge on any atom is -0.287 e. The third kappa shape index (κ3) is 2.82. The van der Waals surface area contributed by atoms with Crippen LogP contribution in [0.4, 0.5) is 0 Å². The lowest BCUT2D eigenvalue weighted by atomic mass is 10.2. The summed E-state index contributed by atoms with van der Waals surface area (Å²) in [4.78, 5) is 18.4. The zero-order valence-corrected chi connectivity index (χ0v) is 11.1. The highest BCUT2D eigenvalue weighted by molar-refractivity contribution is 8.13. The molecule has 0 spiro atoms. The second kappa shape index (κ2) is 5.56. The molecule has 90 valence electrons. The van der Waals surface area contributed by atoms with Crippen molar-refractivity contribution in [1.82, 2.24) is 4.90 Å². The first-order chi connectivity index (χ1) is 8.22. The molecule has 1 heterocycles. The van der Waals surface area contributed by atoms with Gasteiger partial charge < -0.3 is 0 Å². The average Bonchev–Trinajstić information content (AvgIpc) is 2.38. The Morgan fingerprint density at radius 1 is 1.53 bits per heavy atom. The molecule has 2 rings (SSSR count). The molecule has 0 saturated carbocycles. The molecule has 0 aliphatic carbocycles. The van der Waals surface area contributed by atoms with E-state index in [0.29, 0.717) is 10.6 Å². The highest BCUT2D eigenvalue weighted by atomic mass is 35.5. The van der Waals surface area contributed by atoms with E-state index in [1.165, 1.54) is 11.8 Å². The Kier molecular flexibility index (Phi) is 4.07. The molecule has 0 saturated heterocycles. The van der Waals surface area contributed by atoms with E-state index in [2.05, 4.69) is 4.99 Å². The van der Waals surface area contributed by atoms with E-state index in [0.717, 1.165) is 24.7 Å². The van der Waals surface area contributed by atoms with Gasteiger partial charge in [-0.25, -0.2) is 0 Å². The normalized spacial score (nSPS) is 15.6. The number of amides is 1. The van der Waals surface area contributed by atoms with Gasteiger partial charge in [-0.2, -0.15) is 0 Å². The summed E-state index contributed by atoms with van der Waals surface area (Å²) < 4.78 is 0. The van der Waals surface area contributed by atoms with E-state index >= 15 is 0 Å². The Morgan fingerprint density at radius 3 is 3.06 bits per heavy atom. The van der Waals surface area contributed by atoms with Crippen molar-refractivity contribution >= 4 is 34.4 Å². The minimum atomic E-state index is -0.0275. The van der Waals surface area contributed by atoms with Crippen LogP contribution in [0.1, 0.15) is 16.8 Å². The van der Waals surface area contributed by atoms with Gasteiger partial charge in [-0.15, -0.1) is 0 Å². The Hall–Kier alpha value is -1.00. The van der Waals surface area contributed by atoms with Crippen molar-refractivity contribution in [2.75, 3.05) is 19.3 Å². The van der Waals surface area contributed by atoms with Gasteiger partial charge >= 0.3 is 0 Å². The Labute approximate surface area is 110 Å². The Morgan fingerprint density at radius 2 is 2.35 bits per heavy atom. The first-order valence-corrected chi connectivity index (χ1v) is 6.98. The molecule has 1 amide bonds. The van der Waals surface area contributed by atoms with Gasteiger partial charge in [-0.1, -0.05) is 29.4 Å². The number of nitrogens with zero attached hydrogens (tertiary/aromatic N) is 2. The topological polar surface area (TPSA) is 32.7 Å². The second-order valence-electron chi connectivity index (χ2n) is 3.69. The van der Waals surface area contributed by atoms with Crippen molar-refractivity contribution in [2.24, 2.45) is 4.99 Å². The first-order valence-electron chi connectivity index (χ1n) is 5.38. The van der Waals surface area contributed by atoms with Gasteiger partial charge in [0.1, 0.15) is 0 Å². The number of hydrogen-bond acceptors (Lipinski definition) is 3. The van der Waals surface area contributed by atoms with Gasteiger partial charge in [0.05, 0.1) is 0 Å². The van der Waals surface area contributed by atoms with E-state index in [1.54, 1.807) is 29.2 Å². The Bertz CT molecular complexity index is 462. The van der Waals surface area contributed by atoms with Crippen molar-refractivity contribution in [3.8, 4) is 0 Å². The summed E-state index contributed by atoms with van der Waals surface area (Å²) in [7, 11) is 0. The molecule has 0 bridgehead atoms. The average molecular weight is 269 g/mol. The molecule has 3 nitrogen and oxygen atoms in total. The maximum absolute atomic E-state index is 12.3. The van der Waals surface area contributed by atoms with Crippen LogP contribution in [0, 0.1) is 0 Å². The molecule has 0 aromatic heterocycles. The van der Waals surface area contributed by atoms with Crippen molar-refractivity contribution in [1.29, 1.82) is 0 Å². The van der Waals surface area contributed by atoms with E-state index in [4.69, 9.17) is 11.6 Å². The van der Waals surface area contributed by atoms with E-state index in [1.807, 2.05) is 6.26 Å². The number of thioether (sulfide) groups is 1. The summed E-state index contributed by atoms with van der Waals surface area (Å²) in [6.45, 7) is 1.53. The van der Waals surface area contributed by atoms with Crippen LogP contribution in [0.5, 0.6) is 0 Å². The number of rotatable bonds is 1. The fraction of sp³-hybridized carbons (Fsp3) is 0.333. The fourth-order valence-electron chi connectivity index (χ4n) is 1.73. The Balaban J connectivity index is 2.25. The van der Waals surface area contributed by atoms with Gasteiger partial charge in [-0.05, 0) is 30.9 Å². The van der Waals surface area contributed by atoms with Crippen LogP contribution in [-0.2, 0) is 0 Å². The number of carbonyl (C=O) groups is 1. The lowest BCUT2D eigenvalue weighted by Gasteiger charge is -2.26. The lowest BCUT2D eigenvalue weighted by Crippen LogP contribution is -2.38. The largest absolute Gasteiger partial charge is 0.287 e. The van der Waals surface area contributed by atoms with Gasteiger partial charge in [-0.3, -0.25) is 14.7 Å². The van der Waals surface area contributed by atoms with Crippen molar-refractivity contribution in [3.05, 3.63) is 34.9 Å². The molecule has 1 aliphatic rings. The van der Waals surface area contributed by atoms with Crippen LogP contribution in [0.15, 0.2) is 29.3 Å². The number of carbonyl (C=O) groups excluding carboxylic acids is 1. The van der Waals surface area contributed by atoms with Gasteiger partial charge in [0.25, 0.3) is 5.91 Å². The molecular weight excluding hydrogens is 256 g/mol. The molecule has 0 fully saturated rings. The third-order valence-corrected chi connectivity index (χ3v) is 3.47. The second-order valence-corrected chi connectivity index (χ2v) is 4.90. The molecule has 1 aliphatic heterocycles. The summed E-state index contributed by atoms with van der Waals surface area (Å²) >= 11 is 7.40. The summed E-state index contributed by atoms with van der Waals surface area (Å²) in [6.07, 6.45) is 2.85. The zero-order valence-electron chi connectivity index (χ0n) is 9.52. The third-order valence-electron chi connectivity index (χ3n) is 2.52. The number of benzene rings is 1. The molecule has 5 heteroatoms. The number of halogens is 1. The predicted octanol–water partition coefficient (Wildman–Crippen LogP) is 2.90. The summed E-state index contributed by atoms with van der Waals surface area (Å²) in [5.74, 6) is -0.0275. The summed E-state index contributed by atoms with van der Waals surface area (Å²) in [5.41, 5.74) is 0.612. The molecule has 1 aromatic carbocycles. The molecular formula is C12H13ClN2OS. The smallest absolute Gasteiger partial charge is 0.259 e. The van der Waals surface area contributed by atoms with E-state index < -0.39 is 0 Å². The molecule has 17 heavy (non-hydrogen) atoms. The standard InChI is InChI=1S/C12H13ClN2OS/c1-17-12-14-6-3-7-15(12)11(16)9-4-2-5-10(13)8-9/h2,4-5,8H,3,6-7H2,1H3. The van der Waals surface area contributed by atoms with Crippen molar-refractivity contribution in [3.63, 3.8) is 0 Å². The van der Waals surface area contributed by atoms with Crippen LogP contribution >= 0.6 is 23.4 Å². The monoisotopic (exact) mass is 268 g/mol. The molecule has 0 atom stereocenters. The number of aliphatic imine (C=N–C) groups is 1. The molecule has 0 radical (unpaired) electrons. The van der Waals surface area contributed by atoms with Crippen molar-refractivity contribution in [2.45, 2.75) is 6.42 Å². The SMILES string of the molecule is CSC1=NCCCN1C(=O)c1cccc(Cl)c1. The number of hydrogen-bond donors (Lipinski definition) is 0. The predicted molar refractivity (Wildman–Crippen MR) is 72.9 cm³/mol. The highest BCUT2D eigenvalue weighted by Gasteiger charge is 2.22. The summed E-state index contributed by atoms with van der Waals surface area (Å²) in [6, 6.07) is 7.02. The van der Waals surface area contributed by atoms with Gasteiger partial charge in [0.2, 0.25) is 0 Å². The lowest BCUT2D eigenvalue weighted by molar-refractivity contribution is 0.0845. The quantitative estimate of drug-likeness (QED) is 0.785. The van der Waals surface area contributed by atoms with Crippen LogP contribution in [0.3, 0.4) is 0 Å². The van der Waals surface area contributed by atoms with Gasteiger partial charge in [0.15, 0.2) is 5.17 Å². The van der Waals surface area contributed by atoms with Crippen LogP contribution in [0.25, 0.3) is 0 Å². The van der Waals surface area contributed by atoms with E-state index in [9.17, 15) is 4.79 Å². The molecule has 0 unspecified atom stereocenters. The fourth-order valence-corrected chi connectivity index (χ4v) is 2.53. The van der Waals surface area contributed by atoms with Gasteiger partial charge in [0, 0.05) is 23.7 Å². The minimum absolute atomic E-state index is 0.0275. The van der Waals surface area contributed by atoms with Crippen LogP contribution < -0.4 is 0 Å². The van der Waals surface area contributed by atoms with Crippen molar-refractivity contribution < 1.29 is 4.79 Å². The zero-order chi connectivity index (χ0) is 12.3. The maximum atomic E-state index is 12.3. The highest BCUT2D eigenvalue weighted by Crippen LogP contribution is 2.17. The molecule has 0 N–H and O–H groups in total. The van der Waals surface area contributed by atoms with Crippen LogP contribution in [0.2, 0.25) is 5.02 Å². The summed E-state index contributed by atoms with van der Waals surface area (Å²) in [5, 5.41) is 1.37.